The molecule has 0 amide bonds. The molecule has 0 atom stereocenters. The monoisotopic (exact) mass is 204 g/mol. The van der Waals surface area contributed by atoms with Crippen LogP contribution in [0, 0.1) is 0 Å². The van der Waals surface area contributed by atoms with E-state index >= 15 is 0 Å². The van der Waals surface area contributed by atoms with Gasteiger partial charge < -0.3 is 9.84 Å². The molecule has 1 aliphatic rings. The summed E-state index contributed by atoms with van der Waals surface area (Å²) in [7, 11) is 1.69. The molecule has 2 rings (SSSR count). The third-order valence-electron chi connectivity index (χ3n) is 2.84. The number of allylic oxidation sites excluding steroid dienone is 1. The average molecular weight is 204 g/mol. The van der Waals surface area contributed by atoms with Gasteiger partial charge in [0.15, 0.2) is 0 Å². The number of methoxy groups -OCH3 is 1. The van der Waals surface area contributed by atoms with Gasteiger partial charge in [0.1, 0.15) is 5.75 Å². The predicted molar refractivity (Wildman–Crippen MR) is 61.0 cm³/mol. The standard InChI is InChI=1S/C13H16O2/c1-15-12-5-6-13-10(7-8-14)3-2-4-11(13)9-12/h3,5-6,9,14H,2,4,7-8H2,1H3. The predicted octanol–water partition coefficient (Wildman–Crippen LogP) is 2.41. The molecule has 0 unspecified atom stereocenters. The largest absolute Gasteiger partial charge is 0.497 e. The molecule has 0 saturated heterocycles. The average Bonchev–Trinajstić information content (AvgIpc) is 2.29. The number of aryl methyl sites for hydroxylation is 1. The molecule has 0 bridgehead atoms. The lowest BCUT2D eigenvalue weighted by molar-refractivity contribution is 0.305. The van der Waals surface area contributed by atoms with Crippen molar-refractivity contribution in [2.75, 3.05) is 13.7 Å². The van der Waals surface area contributed by atoms with E-state index in [2.05, 4.69) is 18.2 Å². The fraction of sp³-hybridized carbons (Fsp3) is 0.385. The normalized spacial score (nSPS) is 14.4. The van der Waals surface area contributed by atoms with Crippen molar-refractivity contribution in [3.8, 4) is 5.75 Å². The zero-order chi connectivity index (χ0) is 10.7. The highest BCUT2D eigenvalue weighted by Crippen LogP contribution is 2.30. The van der Waals surface area contributed by atoms with E-state index in [-0.39, 0.29) is 6.61 Å². The van der Waals surface area contributed by atoms with Crippen LogP contribution in [0.5, 0.6) is 5.75 Å². The minimum atomic E-state index is 0.220. The summed E-state index contributed by atoms with van der Waals surface area (Å²) in [6.45, 7) is 0.220. The maximum absolute atomic E-state index is 8.98. The number of hydrogen-bond acceptors (Lipinski definition) is 2. The lowest BCUT2D eigenvalue weighted by atomic mass is 9.89. The van der Waals surface area contributed by atoms with Crippen LogP contribution in [0.15, 0.2) is 24.3 Å². The van der Waals surface area contributed by atoms with E-state index in [9.17, 15) is 0 Å². The third kappa shape index (κ3) is 2.05. The van der Waals surface area contributed by atoms with E-state index in [0.29, 0.717) is 0 Å². The lowest BCUT2D eigenvalue weighted by Gasteiger charge is -2.18. The van der Waals surface area contributed by atoms with Gasteiger partial charge in [-0.15, -0.1) is 0 Å². The summed E-state index contributed by atoms with van der Waals surface area (Å²) in [5.74, 6) is 0.916. The Bertz CT molecular complexity index is 380. The highest BCUT2D eigenvalue weighted by Gasteiger charge is 2.12. The van der Waals surface area contributed by atoms with Crippen LogP contribution in [0.2, 0.25) is 0 Å². The summed E-state index contributed by atoms with van der Waals surface area (Å²) in [6, 6.07) is 6.17. The fourth-order valence-corrected chi connectivity index (χ4v) is 2.09. The summed E-state index contributed by atoms with van der Waals surface area (Å²) in [4.78, 5) is 0. The second kappa shape index (κ2) is 4.49. The molecule has 0 aromatic heterocycles. The van der Waals surface area contributed by atoms with E-state index in [1.54, 1.807) is 7.11 Å². The highest BCUT2D eigenvalue weighted by atomic mass is 16.5. The van der Waals surface area contributed by atoms with Crippen molar-refractivity contribution < 1.29 is 9.84 Å². The molecular formula is C13H16O2. The quantitative estimate of drug-likeness (QED) is 0.819. The molecule has 1 aromatic carbocycles. The fourth-order valence-electron chi connectivity index (χ4n) is 2.09. The van der Waals surface area contributed by atoms with Gasteiger partial charge in [-0.2, -0.15) is 0 Å². The molecule has 1 aliphatic carbocycles. The van der Waals surface area contributed by atoms with Gasteiger partial charge in [0.2, 0.25) is 0 Å². The Hall–Kier alpha value is -1.28. The van der Waals surface area contributed by atoms with Crippen molar-refractivity contribution in [2.45, 2.75) is 19.3 Å². The molecule has 2 nitrogen and oxygen atoms in total. The number of benzene rings is 1. The second-order valence-corrected chi connectivity index (χ2v) is 3.76. The first-order valence-electron chi connectivity index (χ1n) is 5.32. The maximum atomic E-state index is 8.98. The van der Waals surface area contributed by atoms with E-state index in [1.807, 2.05) is 6.07 Å². The first-order chi connectivity index (χ1) is 7.35. The Kier molecular flexibility index (Phi) is 3.07. The molecule has 1 N–H and O–H groups in total. The summed E-state index contributed by atoms with van der Waals surface area (Å²) < 4.78 is 5.21. The van der Waals surface area contributed by atoms with Crippen molar-refractivity contribution in [2.24, 2.45) is 0 Å². The van der Waals surface area contributed by atoms with E-state index in [0.717, 1.165) is 25.0 Å². The maximum Gasteiger partial charge on any atom is 0.119 e. The Morgan fingerprint density at radius 1 is 1.40 bits per heavy atom. The summed E-state index contributed by atoms with van der Waals surface area (Å²) in [6.07, 6.45) is 5.11. The second-order valence-electron chi connectivity index (χ2n) is 3.76. The van der Waals surface area contributed by atoms with Gasteiger partial charge in [0.25, 0.3) is 0 Å². The van der Waals surface area contributed by atoms with Gasteiger partial charge in [-0.25, -0.2) is 0 Å². The molecule has 0 saturated carbocycles. The van der Waals surface area contributed by atoms with Crippen LogP contribution >= 0.6 is 0 Å². The molecule has 2 heteroatoms. The minimum Gasteiger partial charge on any atom is -0.497 e. The highest BCUT2D eigenvalue weighted by molar-refractivity contribution is 5.70. The van der Waals surface area contributed by atoms with E-state index < -0.39 is 0 Å². The zero-order valence-electron chi connectivity index (χ0n) is 8.99. The number of aliphatic hydroxyl groups is 1. The van der Waals surface area contributed by atoms with Gasteiger partial charge in [-0.1, -0.05) is 12.1 Å². The Labute approximate surface area is 90.2 Å². The van der Waals surface area contributed by atoms with Crippen LogP contribution in [-0.2, 0) is 6.42 Å². The number of fused-ring (bicyclic) bond motifs is 1. The van der Waals surface area contributed by atoms with Gasteiger partial charge >= 0.3 is 0 Å². The Balaban J connectivity index is 2.35. The zero-order valence-corrected chi connectivity index (χ0v) is 8.99. The SMILES string of the molecule is COc1ccc2c(c1)CCC=C2CCO. The van der Waals surface area contributed by atoms with E-state index in [4.69, 9.17) is 9.84 Å². The van der Waals surface area contributed by atoms with Gasteiger partial charge in [0, 0.05) is 6.61 Å². The number of hydrogen-bond donors (Lipinski definition) is 1. The van der Waals surface area contributed by atoms with Crippen LogP contribution in [0.4, 0.5) is 0 Å². The molecule has 0 fully saturated rings. The summed E-state index contributed by atoms with van der Waals surface area (Å²) in [5.41, 5.74) is 3.87. The summed E-state index contributed by atoms with van der Waals surface area (Å²) >= 11 is 0. The lowest BCUT2D eigenvalue weighted by Crippen LogP contribution is -2.01. The Morgan fingerprint density at radius 3 is 3.00 bits per heavy atom. The molecule has 0 spiro atoms. The van der Waals surface area contributed by atoms with Crippen LogP contribution in [0.1, 0.15) is 24.0 Å². The van der Waals surface area contributed by atoms with Gasteiger partial charge in [-0.3, -0.25) is 0 Å². The van der Waals surface area contributed by atoms with Gasteiger partial charge in [-0.05, 0) is 48.1 Å². The minimum absolute atomic E-state index is 0.220. The molecule has 80 valence electrons. The van der Waals surface area contributed by atoms with Crippen LogP contribution in [0.25, 0.3) is 5.57 Å². The van der Waals surface area contributed by atoms with Crippen LogP contribution < -0.4 is 4.74 Å². The van der Waals surface area contributed by atoms with Crippen molar-refractivity contribution in [3.05, 3.63) is 35.4 Å². The topological polar surface area (TPSA) is 29.5 Å². The summed E-state index contributed by atoms with van der Waals surface area (Å²) in [5, 5.41) is 8.98. The van der Waals surface area contributed by atoms with Crippen molar-refractivity contribution in [1.29, 1.82) is 0 Å². The van der Waals surface area contributed by atoms with Crippen LogP contribution in [0.3, 0.4) is 0 Å². The van der Waals surface area contributed by atoms with Crippen molar-refractivity contribution >= 4 is 5.57 Å². The van der Waals surface area contributed by atoms with Crippen LogP contribution in [-0.4, -0.2) is 18.8 Å². The molecular weight excluding hydrogens is 188 g/mol. The first kappa shape index (κ1) is 10.2. The van der Waals surface area contributed by atoms with Crippen molar-refractivity contribution in [1.82, 2.24) is 0 Å². The molecule has 0 aliphatic heterocycles. The van der Waals surface area contributed by atoms with Gasteiger partial charge in [0.05, 0.1) is 7.11 Å². The Morgan fingerprint density at radius 2 is 2.27 bits per heavy atom. The molecule has 0 radical (unpaired) electrons. The smallest absolute Gasteiger partial charge is 0.119 e. The number of rotatable bonds is 3. The first-order valence-corrected chi connectivity index (χ1v) is 5.32. The molecule has 1 aromatic rings. The van der Waals surface area contributed by atoms with E-state index in [1.165, 1.54) is 16.7 Å². The number of aliphatic hydroxyl groups excluding tert-OH is 1. The number of ether oxygens (including phenoxy) is 1. The molecule has 0 heterocycles. The molecule has 15 heavy (non-hydrogen) atoms. The third-order valence-corrected chi connectivity index (χ3v) is 2.84. The van der Waals surface area contributed by atoms with Crippen molar-refractivity contribution in [3.63, 3.8) is 0 Å².